The molecule has 3 heterocycles. The molecule has 0 spiro atoms. The van der Waals surface area contributed by atoms with E-state index in [1.54, 1.807) is 29.3 Å². The summed E-state index contributed by atoms with van der Waals surface area (Å²) in [6.45, 7) is 1.27. The number of carbonyl (C=O) groups is 1. The van der Waals surface area contributed by atoms with Gasteiger partial charge in [-0.15, -0.1) is 12.4 Å². The highest BCUT2D eigenvalue weighted by Crippen LogP contribution is 2.20. The maximum atomic E-state index is 12.8. The molecule has 0 aromatic carbocycles. The molecule has 1 aliphatic heterocycles. The van der Waals surface area contributed by atoms with Crippen molar-refractivity contribution in [3.63, 3.8) is 0 Å². The molecule has 1 amide bonds. The first-order valence-corrected chi connectivity index (χ1v) is 9.44. The van der Waals surface area contributed by atoms with E-state index >= 15 is 0 Å². The van der Waals surface area contributed by atoms with Gasteiger partial charge in [0.05, 0.1) is 5.52 Å². The third kappa shape index (κ3) is 3.40. The molecule has 3 rings (SSSR count). The van der Waals surface area contributed by atoms with Crippen LogP contribution in [0.1, 0.15) is 23.3 Å². The van der Waals surface area contributed by atoms with Gasteiger partial charge in [0, 0.05) is 31.6 Å². The largest absolute Gasteiger partial charge is 0.336 e. The van der Waals surface area contributed by atoms with Gasteiger partial charge in [0.2, 0.25) is 15.0 Å². The molecule has 0 aliphatic carbocycles. The fraction of sp³-hybridized carbons (Fsp3) is 0.467. The second kappa shape index (κ2) is 7.08. The number of carbonyl (C=O) groups excluding carboxylic acids is 1. The number of hydrogen-bond acceptors (Lipinski definition) is 5. The van der Waals surface area contributed by atoms with E-state index in [-0.39, 0.29) is 35.2 Å². The molecule has 1 unspecified atom stereocenters. The maximum Gasteiger partial charge on any atom is 0.274 e. The number of rotatable bonds is 3. The van der Waals surface area contributed by atoms with Gasteiger partial charge in [0.25, 0.3) is 5.91 Å². The van der Waals surface area contributed by atoms with Gasteiger partial charge in [0.1, 0.15) is 0 Å². The minimum Gasteiger partial charge on any atom is -0.336 e. The van der Waals surface area contributed by atoms with Crippen LogP contribution < -0.4 is 5.32 Å². The van der Waals surface area contributed by atoms with Crippen LogP contribution in [0, 0.1) is 0 Å². The summed E-state index contributed by atoms with van der Waals surface area (Å²) in [5.74, 6) is -0.219. The molecule has 9 heteroatoms. The van der Waals surface area contributed by atoms with Crippen molar-refractivity contribution in [2.24, 2.45) is 0 Å². The molecule has 1 N–H and O–H groups in total. The van der Waals surface area contributed by atoms with Gasteiger partial charge < -0.3 is 10.2 Å². The second-order valence-electron chi connectivity index (χ2n) is 5.85. The van der Waals surface area contributed by atoms with Gasteiger partial charge in [-0.1, -0.05) is 6.07 Å². The lowest BCUT2D eigenvalue weighted by atomic mass is 10.1. The smallest absolute Gasteiger partial charge is 0.274 e. The van der Waals surface area contributed by atoms with Crippen molar-refractivity contribution in [2.75, 3.05) is 26.4 Å². The monoisotopic (exact) mass is 372 g/mol. The first kappa shape index (κ1) is 18.7. The highest BCUT2D eigenvalue weighted by Gasteiger charge is 2.28. The highest BCUT2D eigenvalue weighted by molar-refractivity contribution is 7.90. The molecule has 1 aliphatic rings. The number of imidazole rings is 1. The molecule has 24 heavy (non-hydrogen) atoms. The summed E-state index contributed by atoms with van der Waals surface area (Å²) in [6.07, 6.45) is 4.66. The van der Waals surface area contributed by atoms with Crippen molar-refractivity contribution in [1.29, 1.82) is 0 Å². The minimum absolute atomic E-state index is 0. The molecular weight excluding hydrogens is 352 g/mol. The number of sulfone groups is 1. The van der Waals surface area contributed by atoms with Gasteiger partial charge in [-0.25, -0.2) is 13.4 Å². The first-order valence-electron chi connectivity index (χ1n) is 7.55. The van der Waals surface area contributed by atoms with E-state index in [2.05, 4.69) is 10.3 Å². The van der Waals surface area contributed by atoms with Crippen molar-refractivity contribution >= 4 is 33.7 Å². The van der Waals surface area contributed by atoms with Gasteiger partial charge in [-0.2, -0.15) is 0 Å². The van der Waals surface area contributed by atoms with E-state index in [1.807, 2.05) is 7.05 Å². The van der Waals surface area contributed by atoms with Crippen LogP contribution in [0.3, 0.4) is 0 Å². The number of nitrogens with zero attached hydrogens (tertiary/aromatic N) is 3. The fourth-order valence-corrected chi connectivity index (χ4v) is 3.75. The normalized spacial score (nSPS) is 18.4. The standard InChI is InChI=1S/C15H20N4O3S.ClH/c1-16-11-6-5-8-18(10-11)14(20)13-12-7-3-4-9-19(12)15(17-13)23(2,21)22;/h3-4,7,9,11,16H,5-6,8,10H2,1-2H3;1H. The van der Waals surface area contributed by atoms with Gasteiger partial charge in [-0.3, -0.25) is 9.20 Å². The Balaban J connectivity index is 0.00000208. The lowest BCUT2D eigenvalue weighted by Crippen LogP contribution is -2.47. The average Bonchev–Trinajstić information content (AvgIpc) is 2.94. The molecular formula is C15H21ClN4O3S. The number of piperidine rings is 1. The van der Waals surface area contributed by atoms with Crippen LogP contribution in [0.5, 0.6) is 0 Å². The van der Waals surface area contributed by atoms with E-state index < -0.39 is 9.84 Å². The molecule has 0 radical (unpaired) electrons. The summed E-state index contributed by atoms with van der Waals surface area (Å²) in [6, 6.07) is 5.46. The summed E-state index contributed by atoms with van der Waals surface area (Å²) in [7, 11) is -1.64. The van der Waals surface area contributed by atoms with Crippen LogP contribution in [0.2, 0.25) is 0 Å². The molecule has 1 fully saturated rings. The molecule has 7 nitrogen and oxygen atoms in total. The number of fused-ring (bicyclic) bond motifs is 1. The maximum absolute atomic E-state index is 12.8. The Labute approximate surface area is 147 Å². The number of amides is 1. The lowest BCUT2D eigenvalue weighted by Gasteiger charge is -2.32. The van der Waals surface area contributed by atoms with Crippen LogP contribution in [-0.2, 0) is 9.84 Å². The number of likely N-dealkylation sites (tertiary alicyclic amines) is 1. The Hall–Kier alpha value is -1.64. The molecule has 1 saturated heterocycles. The van der Waals surface area contributed by atoms with Crippen LogP contribution in [0.4, 0.5) is 0 Å². The molecule has 0 saturated carbocycles. The Morgan fingerprint density at radius 3 is 2.79 bits per heavy atom. The van der Waals surface area contributed by atoms with Crippen LogP contribution in [0.15, 0.2) is 29.6 Å². The van der Waals surface area contributed by atoms with Crippen molar-refractivity contribution in [1.82, 2.24) is 19.6 Å². The Kier molecular flexibility index (Phi) is 5.52. The number of pyridine rings is 1. The molecule has 132 valence electrons. The zero-order valence-corrected chi connectivity index (χ0v) is 15.2. The third-order valence-electron chi connectivity index (χ3n) is 4.17. The zero-order valence-electron chi connectivity index (χ0n) is 13.6. The summed E-state index contributed by atoms with van der Waals surface area (Å²) >= 11 is 0. The predicted molar refractivity (Wildman–Crippen MR) is 93.5 cm³/mol. The van der Waals surface area contributed by atoms with Crippen molar-refractivity contribution in [3.05, 3.63) is 30.1 Å². The average molecular weight is 373 g/mol. The predicted octanol–water partition coefficient (Wildman–Crippen LogP) is 0.984. The summed E-state index contributed by atoms with van der Waals surface area (Å²) < 4.78 is 25.3. The van der Waals surface area contributed by atoms with E-state index in [1.165, 1.54) is 4.40 Å². The topological polar surface area (TPSA) is 83.8 Å². The van der Waals surface area contributed by atoms with E-state index in [0.29, 0.717) is 18.6 Å². The van der Waals surface area contributed by atoms with Crippen molar-refractivity contribution < 1.29 is 13.2 Å². The number of hydrogen-bond donors (Lipinski definition) is 1. The van der Waals surface area contributed by atoms with E-state index in [4.69, 9.17) is 0 Å². The van der Waals surface area contributed by atoms with Gasteiger partial charge in [0.15, 0.2) is 5.69 Å². The molecule has 2 aromatic rings. The third-order valence-corrected chi connectivity index (χ3v) is 5.12. The highest BCUT2D eigenvalue weighted by atomic mass is 35.5. The number of nitrogens with one attached hydrogen (secondary N) is 1. The second-order valence-corrected chi connectivity index (χ2v) is 7.76. The number of halogens is 1. The Morgan fingerprint density at radius 1 is 1.38 bits per heavy atom. The SMILES string of the molecule is CNC1CCCN(C(=O)c2nc(S(C)(=O)=O)n3ccccc23)C1.Cl. The van der Waals surface area contributed by atoms with Crippen LogP contribution in [0.25, 0.3) is 5.52 Å². The van der Waals surface area contributed by atoms with E-state index in [0.717, 1.165) is 19.1 Å². The van der Waals surface area contributed by atoms with Gasteiger partial charge in [-0.05, 0) is 32.0 Å². The van der Waals surface area contributed by atoms with Crippen LogP contribution in [-0.4, -0.2) is 61.0 Å². The van der Waals surface area contributed by atoms with Crippen molar-refractivity contribution in [3.8, 4) is 0 Å². The number of aromatic nitrogens is 2. The zero-order chi connectivity index (χ0) is 16.6. The lowest BCUT2D eigenvalue weighted by molar-refractivity contribution is 0.0694. The Morgan fingerprint density at radius 2 is 2.12 bits per heavy atom. The molecule has 2 aromatic heterocycles. The summed E-state index contributed by atoms with van der Waals surface area (Å²) in [5, 5.41) is 3.09. The van der Waals surface area contributed by atoms with Gasteiger partial charge >= 0.3 is 0 Å². The van der Waals surface area contributed by atoms with E-state index in [9.17, 15) is 13.2 Å². The minimum atomic E-state index is -3.52. The van der Waals surface area contributed by atoms with Crippen molar-refractivity contribution in [2.45, 2.75) is 24.0 Å². The summed E-state index contributed by atoms with van der Waals surface area (Å²) in [4.78, 5) is 18.7. The van der Waals surface area contributed by atoms with Crippen LogP contribution >= 0.6 is 12.4 Å². The Bertz CT molecular complexity index is 850. The fourth-order valence-electron chi connectivity index (χ4n) is 2.98. The quantitative estimate of drug-likeness (QED) is 0.868. The first-order chi connectivity index (χ1) is 10.9. The molecule has 0 bridgehead atoms. The summed E-state index contributed by atoms with van der Waals surface area (Å²) in [5.41, 5.74) is 0.715. The number of likely N-dealkylation sites (N-methyl/N-ethyl adjacent to an activating group) is 1. The molecule has 1 atom stereocenters.